The van der Waals surface area contributed by atoms with Crippen molar-refractivity contribution in [1.82, 2.24) is 9.78 Å². The van der Waals surface area contributed by atoms with Crippen molar-refractivity contribution in [2.75, 3.05) is 9.62 Å². The first-order valence-corrected chi connectivity index (χ1v) is 12.4. The molecule has 0 radical (unpaired) electrons. The van der Waals surface area contributed by atoms with Gasteiger partial charge >= 0.3 is 0 Å². The van der Waals surface area contributed by atoms with Crippen LogP contribution in [0.3, 0.4) is 0 Å². The van der Waals surface area contributed by atoms with E-state index in [1.54, 1.807) is 53.3 Å². The fourth-order valence-electron chi connectivity index (χ4n) is 3.60. The van der Waals surface area contributed by atoms with Crippen LogP contribution in [0.25, 0.3) is 0 Å². The number of benzene rings is 3. The topological polar surface area (TPSA) is 84.3 Å². The summed E-state index contributed by atoms with van der Waals surface area (Å²) >= 11 is 0. The standard InChI is InChI=1S/C26H26N4O3S/c1-20(2)30-25(16-17-27-30)28-26(31)22-12-9-15-24(18-22)34(32,33)29(23-13-7-4-8-14-23)19-21-10-5-3-6-11-21/h3-18,20H,19H2,1-2H3,(H,28,31). The summed E-state index contributed by atoms with van der Waals surface area (Å²) in [6.07, 6.45) is 1.61. The van der Waals surface area contributed by atoms with Gasteiger partial charge in [0.1, 0.15) is 5.82 Å². The number of hydrogen-bond donors (Lipinski definition) is 1. The summed E-state index contributed by atoms with van der Waals surface area (Å²) in [5.41, 5.74) is 1.64. The van der Waals surface area contributed by atoms with Crippen LogP contribution in [0.5, 0.6) is 0 Å². The van der Waals surface area contributed by atoms with Crippen molar-refractivity contribution in [3.63, 3.8) is 0 Å². The number of hydrogen-bond acceptors (Lipinski definition) is 4. The van der Waals surface area contributed by atoms with Crippen LogP contribution >= 0.6 is 0 Å². The van der Waals surface area contributed by atoms with Gasteiger partial charge in [0.25, 0.3) is 15.9 Å². The molecular weight excluding hydrogens is 448 g/mol. The lowest BCUT2D eigenvalue weighted by molar-refractivity contribution is 0.102. The predicted molar refractivity (Wildman–Crippen MR) is 133 cm³/mol. The van der Waals surface area contributed by atoms with Crippen LogP contribution in [0.1, 0.15) is 35.8 Å². The highest BCUT2D eigenvalue weighted by Crippen LogP contribution is 2.26. The van der Waals surface area contributed by atoms with Gasteiger partial charge in [-0.25, -0.2) is 13.1 Å². The molecule has 34 heavy (non-hydrogen) atoms. The second-order valence-corrected chi connectivity index (χ2v) is 9.93. The van der Waals surface area contributed by atoms with E-state index in [4.69, 9.17) is 0 Å². The molecule has 174 valence electrons. The summed E-state index contributed by atoms with van der Waals surface area (Å²) in [4.78, 5) is 13.0. The molecule has 4 rings (SSSR count). The summed E-state index contributed by atoms with van der Waals surface area (Å²) in [5.74, 6) is 0.136. The third-order valence-electron chi connectivity index (χ3n) is 5.30. The molecule has 7 nitrogen and oxygen atoms in total. The Morgan fingerprint density at radius 1 is 0.941 bits per heavy atom. The number of carbonyl (C=O) groups is 1. The number of aromatic nitrogens is 2. The van der Waals surface area contributed by atoms with Crippen LogP contribution in [-0.4, -0.2) is 24.1 Å². The van der Waals surface area contributed by atoms with E-state index in [2.05, 4.69) is 10.4 Å². The maximum Gasteiger partial charge on any atom is 0.264 e. The van der Waals surface area contributed by atoms with Crippen LogP contribution in [0.2, 0.25) is 0 Å². The van der Waals surface area contributed by atoms with Gasteiger partial charge in [0.15, 0.2) is 0 Å². The van der Waals surface area contributed by atoms with Crippen LogP contribution in [0, 0.1) is 0 Å². The van der Waals surface area contributed by atoms with Gasteiger partial charge in [-0.2, -0.15) is 5.10 Å². The average Bonchev–Trinajstić information content (AvgIpc) is 3.32. The Labute approximate surface area is 199 Å². The van der Waals surface area contributed by atoms with Crippen molar-refractivity contribution >= 4 is 27.4 Å². The number of carbonyl (C=O) groups excluding carboxylic acids is 1. The molecule has 0 spiro atoms. The lowest BCUT2D eigenvalue weighted by atomic mass is 10.2. The molecular formula is C26H26N4O3S. The van der Waals surface area contributed by atoms with E-state index in [0.29, 0.717) is 11.5 Å². The third kappa shape index (κ3) is 5.02. The van der Waals surface area contributed by atoms with Crippen molar-refractivity contribution in [1.29, 1.82) is 0 Å². The Morgan fingerprint density at radius 2 is 1.62 bits per heavy atom. The minimum Gasteiger partial charge on any atom is -0.307 e. The molecule has 0 aliphatic carbocycles. The molecule has 0 fully saturated rings. The molecule has 1 N–H and O–H groups in total. The Balaban J connectivity index is 1.67. The maximum absolute atomic E-state index is 13.8. The number of nitrogens with zero attached hydrogens (tertiary/aromatic N) is 3. The van der Waals surface area contributed by atoms with E-state index in [1.165, 1.54) is 16.4 Å². The second kappa shape index (κ2) is 9.93. The SMILES string of the molecule is CC(C)n1nccc1NC(=O)c1cccc(S(=O)(=O)N(Cc2ccccc2)c2ccccc2)c1. The van der Waals surface area contributed by atoms with E-state index in [0.717, 1.165) is 5.56 Å². The number of anilines is 2. The Morgan fingerprint density at radius 3 is 2.29 bits per heavy atom. The summed E-state index contributed by atoms with van der Waals surface area (Å²) in [7, 11) is -3.96. The summed E-state index contributed by atoms with van der Waals surface area (Å²) in [5, 5.41) is 7.04. The number of rotatable bonds is 8. The number of para-hydroxylation sites is 1. The fourth-order valence-corrected chi connectivity index (χ4v) is 5.10. The smallest absolute Gasteiger partial charge is 0.264 e. The monoisotopic (exact) mass is 474 g/mol. The van der Waals surface area contributed by atoms with Crippen LogP contribution in [0.15, 0.2) is 102 Å². The normalized spacial score (nSPS) is 11.4. The van der Waals surface area contributed by atoms with Gasteiger partial charge in [0.05, 0.1) is 23.3 Å². The first kappa shape index (κ1) is 23.3. The van der Waals surface area contributed by atoms with E-state index in [9.17, 15) is 13.2 Å². The minimum atomic E-state index is -3.96. The zero-order chi connectivity index (χ0) is 24.1. The van der Waals surface area contributed by atoms with Crippen LogP contribution < -0.4 is 9.62 Å². The van der Waals surface area contributed by atoms with Gasteiger partial charge in [0, 0.05) is 17.7 Å². The maximum atomic E-state index is 13.8. The highest BCUT2D eigenvalue weighted by molar-refractivity contribution is 7.92. The lowest BCUT2D eigenvalue weighted by Gasteiger charge is -2.25. The van der Waals surface area contributed by atoms with E-state index >= 15 is 0 Å². The minimum absolute atomic E-state index is 0.0392. The average molecular weight is 475 g/mol. The van der Waals surface area contributed by atoms with E-state index < -0.39 is 15.9 Å². The first-order valence-electron chi connectivity index (χ1n) is 10.9. The second-order valence-electron chi connectivity index (χ2n) is 8.07. The van der Waals surface area contributed by atoms with Gasteiger partial charge in [0.2, 0.25) is 0 Å². The number of nitrogens with one attached hydrogen (secondary N) is 1. The van der Waals surface area contributed by atoms with Gasteiger partial charge in [-0.05, 0) is 49.7 Å². The molecule has 0 saturated carbocycles. The lowest BCUT2D eigenvalue weighted by Crippen LogP contribution is -2.30. The summed E-state index contributed by atoms with van der Waals surface area (Å²) in [6.45, 7) is 4.08. The molecule has 0 unspecified atom stereocenters. The molecule has 4 aromatic rings. The Hall–Kier alpha value is -3.91. The molecule has 1 amide bonds. The van der Waals surface area contributed by atoms with Gasteiger partial charge in [-0.15, -0.1) is 0 Å². The number of amides is 1. The quantitative estimate of drug-likeness (QED) is 0.385. The highest BCUT2D eigenvalue weighted by Gasteiger charge is 2.26. The molecule has 0 bridgehead atoms. The van der Waals surface area contributed by atoms with Gasteiger partial charge in [-0.1, -0.05) is 54.6 Å². The van der Waals surface area contributed by atoms with Gasteiger partial charge in [-0.3, -0.25) is 9.10 Å². The molecule has 3 aromatic carbocycles. The highest BCUT2D eigenvalue weighted by atomic mass is 32.2. The molecule has 1 heterocycles. The third-order valence-corrected chi connectivity index (χ3v) is 7.07. The molecule has 8 heteroatoms. The van der Waals surface area contributed by atoms with Crippen molar-refractivity contribution in [2.24, 2.45) is 0 Å². The predicted octanol–water partition coefficient (Wildman–Crippen LogP) is 5.11. The number of sulfonamides is 1. The molecule has 0 aliphatic rings. The van der Waals surface area contributed by atoms with E-state index in [-0.39, 0.29) is 23.0 Å². The van der Waals surface area contributed by atoms with Crippen molar-refractivity contribution in [3.8, 4) is 0 Å². The molecule has 1 aromatic heterocycles. The van der Waals surface area contributed by atoms with Crippen LogP contribution in [-0.2, 0) is 16.6 Å². The Bertz CT molecular complexity index is 1370. The fraction of sp³-hybridized carbons (Fsp3) is 0.154. The Kier molecular flexibility index (Phi) is 6.79. The summed E-state index contributed by atoms with van der Waals surface area (Å²) < 4.78 is 30.5. The van der Waals surface area contributed by atoms with Gasteiger partial charge < -0.3 is 5.32 Å². The summed E-state index contributed by atoms with van der Waals surface area (Å²) in [6, 6.07) is 26.2. The first-order chi connectivity index (χ1) is 16.4. The molecule has 0 aliphatic heterocycles. The van der Waals surface area contributed by atoms with Crippen molar-refractivity contribution < 1.29 is 13.2 Å². The molecule has 0 saturated heterocycles. The molecule has 0 atom stereocenters. The van der Waals surface area contributed by atoms with E-state index in [1.807, 2.05) is 50.2 Å². The van der Waals surface area contributed by atoms with Crippen molar-refractivity contribution in [3.05, 3.63) is 108 Å². The zero-order valence-electron chi connectivity index (χ0n) is 19.0. The largest absolute Gasteiger partial charge is 0.307 e. The zero-order valence-corrected chi connectivity index (χ0v) is 19.8. The van der Waals surface area contributed by atoms with Crippen LogP contribution in [0.4, 0.5) is 11.5 Å². The van der Waals surface area contributed by atoms with Crippen molar-refractivity contribution in [2.45, 2.75) is 31.3 Å².